The minimum Gasteiger partial charge on any atom is -0.201 e. The van der Waals surface area contributed by atoms with Crippen LogP contribution in [0.25, 0.3) is 45.0 Å². The van der Waals surface area contributed by atoms with E-state index in [4.69, 9.17) is 11.0 Å². The summed E-state index contributed by atoms with van der Waals surface area (Å²) < 4.78 is 79.8. The summed E-state index contributed by atoms with van der Waals surface area (Å²) in [6, 6.07) is 44.6. The fourth-order valence-electron chi connectivity index (χ4n) is 16.9. The minimum absolute atomic E-state index is 0.160. The summed E-state index contributed by atoms with van der Waals surface area (Å²) in [6.45, 7) is 8.52. The quantitative estimate of drug-likeness (QED) is 0.156. The maximum absolute atomic E-state index is 9.02. The van der Waals surface area contributed by atoms with Crippen LogP contribution in [0.4, 0.5) is 0 Å². The SMILES string of the molecule is [2H]C1([2H])c2c(cc[n+](C)c2-c2ccccc2C)CC12CCCC2.[2H]C1([2H])c2c(ccc(-c3ccccc3C)[n+]2C)CC12CCCCC2.[2H]C1([2H])c2c[n+](C)c(-c3ccccc3C)cc2CC12CCCC2.[2H]C1([2H])c2c[n+](C)c(-c3ccccc3C)cc2CC12CCCCC2. The van der Waals surface area contributed by atoms with Gasteiger partial charge in [0.25, 0.3) is 0 Å². The molecular weight excluding hydrogens is 1040 g/mol. The molecule has 444 valence electrons. The van der Waals surface area contributed by atoms with E-state index in [0.29, 0.717) is 0 Å². The zero-order valence-electron chi connectivity index (χ0n) is 61.2. The lowest BCUT2D eigenvalue weighted by molar-refractivity contribution is -0.668. The highest BCUT2D eigenvalue weighted by Gasteiger charge is 2.45. The van der Waals surface area contributed by atoms with Crippen molar-refractivity contribution in [1.82, 2.24) is 0 Å². The van der Waals surface area contributed by atoms with Crippen LogP contribution in [0.1, 0.15) is 193 Å². The Morgan fingerprint density at radius 3 is 1.16 bits per heavy atom. The molecule has 4 saturated carbocycles. The molecule has 16 rings (SSSR count). The molecule has 0 N–H and O–H groups in total. The van der Waals surface area contributed by atoms with Gasteiger partial charge in [0.15, 0.2) is 24.3 Å². The monoisotopic (exact) mass is 1150 g/mol. The molecule has 4 aromatic heterocycles. The molecule has 0 radical (unpaired) electrons. The molecule has 8 aliphatic rings. The van der Waals surface area contributed by atoms with Crippen LogP contribution in [-0.4, -0.2) is 0 Å². The van der Waals surface area contributed by atoms with E-state index in [1.54, 1.807) is 0 Å². The number of nitrogens with zero attached hydrogens (tertiary/aromatic N) is 4. The van der Waals surface area contributed by atoms with Gasteiger partial charge in [0.1, 0.15) is 28.2 Å². The van der Waals surface area contributed by atoms with E-state index in [1.165, 1.54) is 137 Å². The van der Waals surface area contributed by atoms with Crippen LogP contribution >= 0.6 is 0 Å². The summed E-state index contributed by atoms with van der Waals surface area (Å²) in [7, 11) is 8.17. The van der Waals surface area contributed by atoms with Gasteiger partial charge in [-0.3, -0.25) is 0 Å². The van der Waals surface area contributed by atoms with Crippen LogP contribution in [0.5, 0.6) is 0 Å². The Bertz CT molecular complexity index is 4200. The molecule has 0 atom stereocenters. The molecule has 4 spiro atoms. The summed E-state index contributed by atoms with van der Waals surface area (Å²) in [6.07, 6.45) is 25.0. The number of aromatic nitrogens is 4. The minimum atomic E-state index is -1.24. The van der Waals surface area contributed by atoms with Crippen LogP contribution in [0.2, 0.25) is 0 Å². The third kappa shape index (κ3) is 11.6. The second-order valence-electron chi connectivity index (χ2n) is 27.9. The van der Waals surface area contributed by atoms with Crippen molar-refractivity contribution in [2.75, 3.05) is 0 Å². The normalized spacial score (nSPS) is 23.0. The maximum Gasteiger partial charge on any atom is 0.216 e. The lowest BCUT2D eigenvalue weighted by Crippen LogP contribution is -2.37. The van der Waals surface area contributed by atoms with Crippen molar-refractivity contribution >= 4 is 0 Å². The van der Waals surface area contributed by atoms with E-state index in [2.05, 4.69) is 186 Å². The van der Waals surface area contributed by atoms with E-state index in [-0.39, 0.29) is 21.7 Å². The lowest BCUT2D eigenvalue weighted by atomic mass is 9.72. The van der Waals surface area contributed by atoms with Gasteiger partial charge in [-0.05, 0) is 215 Å². The predicted octanol–water partition coefficient (Wildman–Crippen LogP) is 17.4. The van der Waals surface area contributed by atoms with E-state index in [1.807, 2.05) is 34.4 Å². The van der Waals surface area contributed by atoms with Gasteiger partial charge in [-0.1, -0.05) is 137 Å². The van der Waals surface area contributed by atoms with E-state index in [0.717, 1.165) is 116 Å². The molecule has 4 heterocycles. The van der Waals surface area contributed by atoms with Crippen molar-refractivity contribution in [3.8, 4) is 45.0 Å². The first-order valence-electron chi connectivity index (χ1n) is 37.2. The largest absolute Gasteiger partial charge is 0.216 e. The molecule has 86 heavy (non-hydrogen) atoms. The average Bonchev–Trinajstić information content (AvgIpc) is 1.58. The van der Waals surface area contributed by atoms with E-state index >= 15 is 0 Å². The highest BCUT2D eigenvalue weighted by molar-refractivity contribution is 5.67. The van der Waals surface area contributed by atoms with Crippen LogP contribution < -0.4 is 18.3 Å². The van der Waals surface area contributed by atoms with Crippen LogP contribution in [0, 0.1) is 49.4 Å². The molecule has 0 bridgehead atoms. The van der Waals surface area contributed by atoms with Gasteiger partial charge < -0.3 is 0 Å². The Labute approximate surface area is 529 Å². The molecule has 4 nitrogen and oxygen atoms in total. The van der Waals surface area contributed by atoms with Crippen molar-refractivity contribution in [2.24, 2.45) is 49.9 Å². The Hall–Kier alpha value is -6.52. The van der Waals surface area contributed by atoms with Crippen LogP contribution in [-0.2, 0) is 79.4 Å². The van der Waals surface area contributed by atoms with E-state index in [9.17, 15) is 0 Å². The number of benzene rings is 4. The van der Waals surface area contributed by atoms with Gasteiger partial charge >= 0.3 is 0 Å². The summed E-state index contributed by atoms with van der Waals surface area (Å²) in [5, 5.41) is 0. The summed E-state index contributed by atoms with van der Waals surface area (Å²) in [5.74, 6) is 0. The number of rotatable bonds is 4. The molecule has 0 unspecified atom stereocenters. The predicted molar refractivity (Wildman–Crippen MR) is 354 cm³/mol. The van der Waals surface area contributed by atoms with Gasteiger partial charge in [0.2, 0.25) is 22.8 Å². The lowest BCUT2D eigenvalue weighted by Gasteiger charge is -2.32. The molecular formula is C82H100N4+4. The van der Waals surface area contributed by atoms with Crippen molar-refractivity contribution in [3.63, 3.8) is 0 Å². The highest BCUT2D eigenvalue weighted by Crippen LogP contribution is 2.52. The van der Waals surface area contributed by atoms with Gasteiger partial charge in [-0.15, -0.1) is 0 Å². The van der Waals surface area contributed by atoms with E-state index < -0.39 is 25.5 Å². The highest BCUT2D eigenvalue weighted by atomic mass is 15.0. The van der Waals surface area contributed by atoms with Gasteiger partial charge in [0.05, 0.1) is 0 Å². The summed E-state index contributed by atoms with van der Waals surface area (Å²) in [4.78, 5) is 0. The summed E-state index contributed by atoms with van der Waals surface area (Å²) >= 11 is 0. The Morgan fingerprint density at radius 2 is 0.709 bits per heavy atom. The van der Waals surface area contributed by atoms with Gasteiger partial charge in [-0.2, -0.15) is 4.57 Å². The van der Waals surface area contributed by atoms with Crippen LogP contribution in [0.3, 0.4) is 0 Å². The standard InChI is InChI=1S/2C21H26N.2C20H24N/c1-16-8-4-5-9-18(16)19-11-10-17-14-21(12-6-3-7-13-21)15-20(17)22(19)2;1-16-8-4-5-9-19(16)20-12-17-13-21(10-6-3-7-11-21)14-18(17)15-22(20)2;1-15-7-3-4-8-17(15)19-18-14-20(10-5-6-11-20)13-16(18)9-12-21(19)2;1-15-7-3-4-8-18(15)19-11-16-12-20(9-5-6-10-20)13-17(16)14-21(19)2/h4-5,8-11H,3,6-7,12-15H2,1-2H3;4-5,8-9,12,15H,3,6-7,10-11,13-14H2,1-2H3;3-4,7-9,12H,5-6,10-11,13-14H2,1-2H3;3-4,7-8,11,14H,5-6,9-10,12-13H2,1-2H3/q4*+1/i15D2;2*14D2;13D2. The first-order chi connectivity index (χ1) is 44.8. The second-order valence-corrected chi connectivity index (χ2v) is 27.9. The third-order valence-corrected chi connectivity index (χ3v) is 21.7. The molecule has 4 aromatic carbocycles. The smallest absolute Gasteiger partial charge is 0.201 e. The number of hydrogen-bond donors (Lipinski definition) is 0. The fourth-order valence-corrected chi connectivity index (χ4v) is 16.9. The molecule has 8 aromatic rings. The third-order valence-electron chi connectivity index (χ3n) is 21.7. The van der Waals surface area contributed by atoms with Crippen molar-refractivity contribution in [3.05, 3.63) is 213 Å². The fraction of sp³-hybridized carbons (Fsp3) is 0.463. The molecule has 4 fully saturated rings. The van der Waals surface area contributed by atoms with Crippen molar-refractivity contribution < 1.29 is 29.2 Å². The molecule has 4 heteroatoms. The average molecular weight is 1150 g/mol. The Kier molecular flexibility index (Phi) is 13.9. The number of hydrogen-bond acceptors (Lipinski definition) is 0. The summed E-state index contributed by atoms with van der Waals surface area (Å²) in [5.41, 5.74) is 22.2. The van der Waals surface area contributed by atoms with Gasteiger partial charge in [0, 0.05) is 86.1 Å². The second kappa shape index (κ2) is 24.2. The number of aryl methyl sites for hydroxylation is 7. The first kappa shape index (κ1) is 49.5. The zero-order chi connectivity index (χ0) is 66.4. The maximum atomic E-state index is 9.02. The van der Waals surface area contributed by atoms with Crippen molar-refractivity contribution in [1.29, 1.82) is 0 Å². The van der Waals surface area contributed by atoms with Gasteiger partial charge in [-0.25, -0.2) is 13.7 Å². The topological polar surface area (TPSA) is 15.5 Å². The molecule has 0 amide bonds. The van der Waals surface area contributed by atoms with Crippen LogP contribution in [0.15, 0.2) is 146 Å². The number of fused-ring (bicyclic) bond motifs is 4. The zero-order valence-corrected chi connectivity index (χ0v) is 53.2. The van der Waals surface area contributed by atoms with Crippen molar-refractivity contribution in [2.45, 2.75) is 194 Å². The number of pyridine rings is 4. The molecule has 0 aliphatic heterocycles. The molecule has 8 aliphatic carbocycles. The Morgan fingerprint density at radius 1 is 0.337 bits per heavy atom. The first-order valence-corrected chi connectivity index (χ1v) is 33.2. The Balaban J connectivity index is 0.000000114. The molecule has 0 saturated heterocycles.